The number of hydrogen-bond donors (Lipinski definition) is 8. The first-order valence-electron chi connectivity index (χ1n) is 25.5. The lowest BCUT2D eigenvalue weighted by Gasteiger charge is -2.12. The molecule has 25 heteroatoms. The lowest BCUT2D eigenvalue weighted by molar-refractivity contribution is -0.131. The van der Waals surface area contributed by atoms with Crippen LogP contribution in [0, 0.1) is 22.7 Å². The third-order valence-electron chi connectivity index (χ3n) is 6.80. The number of likely N-dealkylation sites (N-methyl/N-ethyl adjacent to an activating group) is 1. The van der Waals surface area contributed by atoms with Gasteiger partial charge >= 0.3 is 12.4 Å². The smallest absolute Gasteiger partial charge is 0.350 e. The highest BCUT2D eigenvalue weighted by molar-refractivity contribution is 5.96. The summed E-state index contributed by atoms with van der Waals surface area (Å²) in [7, 11) is 3.93. The van der Waals surface area contributed by atoms with Gasteiger partial charge in [0.15, 0.2) is 0 Å². The van der Waals surface area contributed by atoms with Crippen LogP contribution < -0.4 is 42.5 Å². The van der Waals surface area contributed by atoms with E-state index in [1.54, 1.807) is 58.9 Å². The molecule has 0 aromatic carbocycles. The second kappa shape index (κ2) is 53.8. The van der Waals surface area contributed by atoms with Crippen molar-refractivity contribution in [3.63, 3.8) is 0 Å². The van der Waals surface area contributed by atoms with Crippen molar-refractivity contribution in [1.29, 1.82) is 10.5 Å². The average molecular weight is 1180 g/mol. The van der Waals surface area contributed by atoms with Crippen LogP contribution >= 0.6 is 0 Å². The van der Waals surface area contributed by atoms with Crippen molar-refractivity contribution >= 4 is 47.3 Å². The Hall–Kier alpha value is -7.80. The summed E-state index contributed by atoms with van der Waals surface area (Å²) in [5.41, 5.74) is -0.853. The molecule has 0 saturated heterocycles. The fraction of sp³-hybridized carbons (Fsp3) is 0.544. The predicted molar refractivity (Wildman–Crippen MR) is 314 cm³/mol. The number of hydrogen-bond acceptors (Lipinski definition) is 11. The van der Waals surface area contributed by atoms with Crippen LogP contribution in [0.1, 0.15) is 125 Å². The minimum Gasteiger partial charge on any atom is -0.350 e. The molecule has 468 valence electrons. The first kappa shape index (κ1) is 90.7. The quantitative estimate of drug-likeness (QED) is 0.0370. The summed E-state index contributed by atoms with van der Waals surface area (Å²) in [5, 5.41) is 36.6. The van der Waals surface area contributed by atoms with Gasteiger partial charge in [0.2, 0.25) is 35.4 Å². The molecule has 0 unspecified atom stereocenters. The van der Waals surface area contributed by atoms with Gasteiger partial charge in [0.25, 0.3) is 11.8 Å². The van der Waals surface area contributed by atoms with Gasteiger partial charge in [0.05, 0.1) is 6.07 Å². The summed E-state index contributed by atoms with van der Waals surface area (Å²) < 4.78 is 69.8. The maximum Gasteiger partial charge on any atom is 0.421 e. The van der Waals surface area contributed by atoms with Crippen LogP contribution in [0.25, 0.3) is 0 Å². The normalized spacial score (nSPS) is 10.5. The minimum absolute atomic E-state index is 0.0208. The lowest BCUT2D eigenvalue weighted by atomic mass is 10.2. The maximum atomic E-state index is 11.8. The summed E-state index contributed by atoms with van der Waals surface area (Å²) in [6.45, 7) is 46.2. The summed E-state index contributed by atoms with van der Waals surface area (Å²) in [5.74, 6) is -2.74. The Labute approximate surface area is 484 Å². The molecule has 0 aromatic heterocycles. The fourth-order valence-electron chi connectivity index (χ4n) is 3.74. The van der Waals surface area contributed by atoms with E-state index in [1.165, 1.54) is 18.2 Å². The Kier molecular flexibility index (Phi) is 59.5. The minimum atomic E-state index is -4.64. The van der Waals surface area contributed by atoms with Crippen molar-refractivity contribution in [2.24, 2.45) is 0 Å². The van der Waals surface area contributed by atoms with Crippen LogP contribution in [-0.4, -0.2) is 133 Å². The first-order chi connectivity index (χ1) is 37.2. The Morgan fingerprint density at radius 3 is 1.07 bits per heavy atom. The molecule has 82 heavy (non-hydrogen) atoms. The van der Waals surface area contributed by atoms with Gasteiger partial charge in [-0.1, -0.05) is 38.5 Å². The molecule has 0 bridgehead atoms. The van der Waals surface area contributed by atoms with Crippen molar-refractivity contribution in [2.75, 3.05) is 20.6 Å². The summed E-state index contributed by atoms with van der Waals surface area (Å²) in [6, 6.07) is 3.94. The predicted octanol–water partition coefficient (Wildman–Crippen LogP) is 7.94. The Morgan fingerprint density at radius 1 is 0.500 bits per heavy atom. The molecule has 0 aliphatic heterocycles. The van der Waals surface area contributed by atoms with E-state index in [0.29, 0.717) is 11.6 Å². The molecule has 0 rings (SSSR count). The summed E-state index contributed by atoms with van der Waals surface area (Å²) in [6.07, 6.45) is 1.59. The molecule has 8 N–H and O–H groups in total. The van der Waals surface area contributed by atoms with Crippen LogP contribution in [0.15, 0.2) is 97.7 Å². The summed E-state index contributed by atoms with van der Waals surface area (Å²) in [4.78, 5) is 87.5. The van der Waals surface area contributed by atoms with Gasteiger partial charge in [0, 0.05) is 90.8 Å². The van der Waals surface area contributed by atoms with Gasteiger partial charge in [-0.3, -0.25) is 38.4 Å². The van der Waals surface area contributed by atoms with Crippen molar-refractivity contribution in [2.45, 2.75) is 185 Å². The molecule has 8 amide bonds. The Morgan fingerprint density at radius 2 is 0.817 bits per heavy atom. The Bertz CT molecular complexity index is 2140. The number of carbonyl (C=O) groups excluding carboxylic acids is 8. The molecule has 0 saturated carbocycles. The van der Waals surface area contributed by atoms with E-state index in [4.69, 9.17) is 10.5 Å². The van der Waals surface area contributed by atoms with Crippen LogP contribution in [0.5, 0.6) is 0 Å². The number of allylic oxidation sites excluding steroid dienone is 3. The molecule has 0 heterocycles. The number of nitrogens with one attached hydrogen (secondary N) is 8. The van der Waals surface area contributed by atoms with Crippen LogP contribution in [0.4, 0.5) is 26.3 Å². The van der Waals surface area contributed by atoms with Crippen molar-refractivity contribution in [1.82, 2.24) is 47.4 Å². The number of carbonyl (C=O) groups is 8. The van der Waals surface area contributed by atoms with Gasteiger partial charge in [-0.05, 0) is 151 Å². The molecule has 0 aromatic rings. The van der Waals surface area contributed by atoms with Crippen molar-refractivity contribution in [3.05, 3.63) is 97.7 Å². The zero-order chi connectivity index (χ0) is 66.7. The number of halogens is 6. The molecule has 0 aliphatic rings. The standard InChI is InChI=1S/C9H18N2O.2C7H10F3NO.2C7H10N2O.2C7H13NO.C6H11NO/c1-8(2)10-9(12)6-5-7-11(3)4;1-5(2)11-6(12)3-4-7(8,9)10;1-4(2)11-6(12)5(3)7(8,9)10;1-5(2)9-7(10)6(3)4-8;1-6(2)9-7(10)4-3-5-8;1-5(2)7(9)8-6(3)4;1-4-5-7(9)8-6(2)3;1-4-6(8)7-5(2)3/h5-6,8H,7H2,1-4H3,(H,10,12);3-5H,1-2H3,(H,11,12);4H,3H2,1-2H3,(H,11,12);5H,3H2,1-2H3,(H,9,10);3-4,6H,1-2H3,(H,9,10);6H,1H2,2-4H3,(H,8,9);4-6H,1-3H3,(H,8,9);4-5H,1H2,2-3H3,(H,7,8)/b6-5+;4-3+;;;4-3+;;5-4+;. The number of nitriles is 2. The number of rotatable bonds is 18. The van der Waals surface area contributed by atoms with Crippen LogP contribution in [0.3, 0.4) is 0 Å². The highest BCUT2D eigenvalue weighted by Crippen LogP contribution is 2.23. The highest BCUT2D eigenvalue weighted by atomic mass is 19.4. The van der Waals surface area contributed by atoms with E-state index in [2.05, 4.69) is 68.9 Å². The van der Waals surface area contributed by atoms with Gasteiger partial charge in [-0.25, -0.2) is 0 Å². The Balaban J connectivity index is -0.000000128. The monoisotopic (exact) mass is 1180 g/mol. The van der Waals surface area contributed by atoms with Crippen LogP contribution in [0.2, 0.25) is 0 Å². The zero-order valence-corrected chi connectivity index (χ0v) is 51.7. The average Bonchev–Trinajstić information content (AvgIpc) is 3.28. The number of amides is 8. The number of nitrogens with zero attached hydrogens (tertiary/aromatic N) is 3. The van der Waals surface area contributed by atoms with E-state index in [1.807, 2.05) is 115 Å². The molecular weight excluding hydrogens is 1080 g/mol. The first-order valence-corrected chi connectivity index (χ1v) is 25.5. The maximum absolute atomic E-state index is 11.8. The van der Waals surface area contributed by atoms with E-state index >= 15 is 0 Å². The summed E-state index contributed by atoms with van der Waals surface area (Å²) >= 11 is 0. The third-order valence-corrected chi connectivity index (χ3v) is 6.80. The second-order valence-electron chi connectivity index (χ2n) is 19.3. The van der Waals surface area contributed by atoms with Gasteiger partial charge < -0.3 is 47.4 Å². The van der Waals surface area contributed by atoms with Crippen LogP contribution in [-0.2, 0) is 38.4 Å². The SMILES string of the molecule is C/C=C/C(=O)NC(C)C.C=C(C#N)C(=O)NC(C)C.C=C(C(=O)NC(C)C)C(F)(F)F.C=C(C)C(=O)NC(C)C.C=CC(=O)NC(C)C.CC(C)NC(=O)/C=C/C#N.CC(C)NC(=O)/C=C/C(F)(F)F.CC(C)NC(=O)/C=C/CN(C)C. The third kappa shape index (κ3) is 86.1. The zero-order valence-electron chi connectivity index (χ0n) is 51.7. The lowest BCUT2D eigenvalue weighted by Crippen LogP contribution is -2.35. The van der Waals surface area contributed by atoms with Gasteiger partial charge in [0.1, 0.15) is 17.2 Å². The molecule has 19 nitrogen and oxygen atoms in total. The highest BCUT2D eigenvalue weighted by Gasteiger charge is 2.36. The molecule has 0 atom stereocenters. The second-order valence-corrected chi connectivity index (χ2v) is 19.3. The van der Waals surface area contributed by atoms with E-state index in [0.717, 1.165) is 12.6 Å². The number of alkyl halides is 6. The topological polar surface area (TPSA) is 284 Å². The van der Waals surface area contributed by atoms with Gasteiger partial charge in [-0.2, -0.15) is 36.9 Å². The molecule has 0 aliphatic carbocycles. The fourth-order valence-corrected chi connectivity index (χ4v) is 3.74. The molecule has 0 radical (unpaired) electrons. The van der Waals surface area contributed by atoms with E-state index < -0.39 is 35.6 Å². The van der Waals surface area contributed by atoms with Crippen molar-refractivity contribution < 1.29 is 64.7 Å². The molecule has 0 fully saturated rings. The van der Waals surface area contributed by atoms with Gasteiger partial charge in [-0.15, -0.1) is 0 Å². The largest absolute Gasteiger partial charge is 0.421 e. The van der Waals surface area contributed by atoms with E-state index in [-0.39, 0.29) is 89.5 Å². The van der Waals surface area contributed by atoms with E-state index in [9.17, 15) is 64.7 Å². The van der Waals surface area contributed by atoms with Crippen molar-refractivity contribution in [3.8, 4) is 12.1 Å². The molecular formula is C57H95F6N11O8. The molecule has 0 spiro atoms.